The Morgan fingerprint density at radius 1 is 1.22 bits per heavy atom. The normalized spacial score (nSPS) is 19.9. The maximum Gasteiger partial charge on any atom is 0.407 e. The fourth-order valence-corrected chi connectivity index (χ4v) is 3.15. The van der Waals surface area contributed by atoms with Crippen LogP contribution in [0.5, 0.6) is 0 Å². The van der Waals surface area contributed by atoms with E-state index in [0.717, 1.165) is 25.7 Å². The van der Waals surface area contributed by atoms with Gasteiger partial charge in [-0.25, -0.2) is 14.6 Å². The molecule has 0 atom stereocenters. The Bertz CT molecular complexity index is 667. The van der Waals surface area contributed by atoms with Crippen LogP contribution in [0.4, 0.5) is 10.5 Å². The van der Waals surface area contributed by atoms with E-state index in [1.165, 1.54) is 6.20 Å². The molecule has 0 saturated heterocycles. The lowest BCUT2D eigenvalue weighted by Crippen LogP contribution is -2.42. The van der Waals surface area contributed by atoms with Crippen molar-refractivity contribution in [3.05, 3.63) is 23.0 Å². The molecule has 1 aromatic heterocycles. The monoisotopic (exact) mass is 397 g/mol. The highest BCUT2D eigenvalue weighted by molar-refractivity contribution is 6.29. The molecule has 27 heavy (non-hydrogen) atoms. The van der Waals surface area contributed by atoms with Crippen molar-refractivity contribution in [2.24, 2.45) is 0 Å². The van der Waals surface area contributed by atoms with Crippen molar-refractivity contribution in [2.45, 2.75) is 71.1 Å². The third kappa shape index (κ3) is 6.90. The summed E-state index contributed by atoms with van der Waals surface area (Å²) in [5, 5.41) is 6.60. The molecule has 0 aromatic carbocycles. The number of ether oxygens (including phenoxy) is 2. The summed E-state index contributed by atoms with van der Waals surface area (Å²) < 4.78 is 10.4. The van der Waals surface area contributed by atoms with E-state index in [2.05, 4.69) is 15.6 Å². The summed E-state index contributed by atoms with van der Waals surface area (Å²) in [6.45, 7) is 7.58. The fraction of sp³-hybridized carbons (Fsp3) is 0.632. The molecule has 0 aliphatic heterocycles. The zero-order chi connectivity index (χ0) is 20.0. The second kappa shape index (κ2) is 9.26. The molecule has 2 N–H and O–H groups in total. The number of anilines is 1. The Hall–Kier alpha value is -2.02. The molecule has 0 bridgehead atoms. The number of nitrogens with one attached hydrogen (secondary N) is 2. The van der Waals surface area contributed by atoms with Gasteiger partial charge < -0.3 is 20.1 Å². The van der Waals surface area contributed by atoms with Gasteiger partial charge in [0.05, 0.1) is 12.3 Å². The minimum atomic E-state index is -0.507. The Morgan fingerprint density at radius 2 is 1.85 bits per heavy atom. The average molecular weight is 398 g/mol. The maximum atomic E-state index is 12.1. The summed E-state index contributed by atoms with van der Waals surface area (Å²) in [4.78, 5) is 28.0. The second-order valence-electron chi connectivity index (χ2n) is 7.61. The van der Waals surface area contributed by atoms with Gasteiger partial charge in [0.1, 0.15) is 16.3 Å². The van der Waals surface area contributed by atoms with Crippen molar-refractivity contribution in [3.63, 3.8) is 0 Å². The van der Waals surface area contributed by atoms with Gasteiger partial charge in [0.2, 0.25) is 0 Å². The molecule has 150 valence electrons. The van der Waals surface area contributed by atoms with Crippen molar-refractivity contribution >= 4 is 29.4 Å². The van der Waals surface area contributed by atoms with Crippen molar-refractivity contribution in [1.82, 2.24) is 10.3 Å². The van der Waals surface area contributed by atoms with Gasteiger partial charge >= 0.3 is 12.1 Å². The van der Waals surface area contributed by atoms with Gasteiger partial charge in [-0.15, -0.1) is 0 Å². The summed E-state index contributed by atoms with van der Waals surface area (Å²) in [5.41, 5.74) is 0.486. The Labute approximate surface area is 165 Å². The van der Waals surface area contributed by atoms with Crippen molar-refractivity contribution in [3.8, 4) is 0 Å². The van der Waals surface area contributed by atoms with E-state index >= 15 is 0 Å². The molecular weight excluding hydrogens is 370 g/mol. The molecule has 1 amide bonds. The SMILES string of the molecule is CCOC(=O)c1cnc(Cl)cc1NC1CCC(NC(=O)OC(C)(C)C)CC1. The molecule has 7 nitrogen and oxygen atoms in total. The Balaban J connectivity index is 1.91. The number of pyridine rings is 1. The largest absolute Gasteiger partial charge is 0.462 e. The minimum absolute atomic E-state index is 0.0865. The molecule has 1 fully saturated rings. The highest BCUT2D eigenvalue weighted by Gasteiger charge is 2.26. The summed E-state index contributed by atoms with van der Waals surface area (Å²) in [6.07, 6.45) is 4.39. The first-order valence-corrected chi connectivity index (χ1v) is 9.64. The molecule has 1 saturated carbocycles. The lowest BCUT2D eigenvalue weighted by molar-refractivity contribution is 0.0488. The van der Waals surface area contributed by atoms with Crippen LogP contribution >= 0.6 is 11.6 Å². The topological polar surface area (TPSA) is 89.5 Å². The number of carbonyl (C=O) groups excluding carboxylic acids is 2. The van der Waals surface area contributed by atoms with E-state index in [1.54, 1.807) is 13.0 Å². The highest BCUT2D eigenvalue weighted by atomic mass is 35.5. The summed E-state index contributed by atoms with van der Waals surface area (Å²) >= 11 is 5.98. The number of carbonyl (C=O) groups is 2. The molecule has 1 aromatic rings. The minimum Gasteiger partial charge on any atom is -0.462 e. The Kier molecular flexibility index (Phi) is 7.30. The van der Waals surface area contributed by atoms with Crippen molar-refractivity contribution in [1.29, 1.82) is 0 Å². The van der Waals surface area contributed by atoms with Gasteiger partial charge in [-0.05, 0) is 59.4 Å². The number of aromatic nitrogens is 1. The van der Waals surface area contributed by atoms with E-state index in [1.807, 2.05) is 20.8 Å². The number of nitrogens with zero attached hydrogens (tertiary/aromatic N) is 1. The molecule has 0 radical (unpaired) electrons. The quantitative estimate of drug-likeness (QED) is 0.572. The van der Waals surface area contributed by atoms with Crippen LogP contribution in [0.3, 0.4) is 0 Å². The van der Waals surface area contributed by atoms with Gasteiger partial charge in [-0.2, -0.15) is 0 Å². The third-order valence-electron chi connectivity index (χ3n) is 4.17. The first kappa shape index (κ1) is 21.3. The zero-order valence-electron chi connectivity index (χ0n) is 16.3. The van der Waals surface area contributed by atoms with Gasteiger partial charge in [0.25, 0.3) is 0 Å². The summed E-state index contributed by atoms with van der Waals surface area (Å²) in [7, 11) is 0. The first-order chi connectivity index (χ1) is 12.7. The molecule has 1 aliphatic rings. The van der Waals surface area contributed by atoms with E-state index in [4.69, 9.17) is 21.1 Å². The second-order valence-corrected chi connectivity index (χ2v) is 8.00. The van der Waals surface area contributed by atoms with Gasteiger partial charge in [-0.3, -0.25) is 0 Å². The van der Waals surface area contributed by atoms with Crippen LogP contribution in [0.15, 0.2) is 12.3 Å². The first-order valence-electron chi connectivity index (χ1n) is 9.26. The number of hydrogen-bond acceptors (Lipinski definition) is 6. The van der Waals surface area contributed by atoms with E-state index < -0.39 is 11.6 Å². The smallest absolute Gasteiger partial charge is 0.407 e. The summed E-state index contributed by atoms with van der Waals surface area (Å²) in [6, 6.07) is 1.90. The molecular formula is C19H28ClN3O4. The number of halogens is 1. The summed E-state index contributed by atoms with van der Waals surface area (Å²) in [5.74, 6) is -0.426. The number of hydrogen-bond donors (Lipinski definition) is 2. The molecule has 8 heteroatoms. The lowest BCUT2D eigenvalue weighted by atomic mass is 9.91. The standard InChI is InChI=1S/C19H28ClN3O4/c1-5-26-17(24)14-11-21-16(20)10-15(14)22-12-6-8-13(9-7-12)23-18(25)27-19(2,3)4/h10-13H,5-9H2,1-4H3,(H,21,22)(H,23,25). The molecule has 1 heterocycles. The van der Waals surface area contributed by atoms with Gasteiger partial charge in [-0.1, -0.05) is 11.6 Å². The van der Waals surface area contributed by atoms with Crippen molar-refractivity contribution in [2.75, 3.05) is 11.9 Å². The van der Waals surface area contributed by atoms with Gasteiger partial charge in [0, 0.05) is 18.3 Å². The van der Waals surface area contributed by atoms with Crippen LogP contribution in [-0.2, 0) is 9.47 Å². The molecule has 0 spiro atoms. The maximum absolute atomic E-state index is 12.1. The predicted molar refractivity (Wildman–Crippen MR) is 104 cm³/mol. The average Bonchev–Trinajstić information content (AvgIpc) is 2.55. The number of amides is 1. The van der Waals surface area contributed by atoms with Crippen LogP contribution in [0.25, 0.3) is 0 Å². The molecule has 1 aliphatic carbocycles. The van der Waals surface area contributed by atoms with Gasteiger partial charge in [0.15, 0.2) is 0 Å². The third-order valence-corrected chi connectivity index (χ3v) is 4.38. The van der Waals surface area contributed by atoms with E-state index in [-0.39, 0.29) is 18.2 Å². The van der Waals surface area contributed by atoms with Crippen LogP contribution in [0.1, 0.15) is 63.7 Å². The van der Waals surface area contributed by atoms with E-state index in [9.17, 15) is 9.59 Å². The molecule has 2 rings (SSSR count). The van der Waals surface area contributed by atoms with Crippen LogP contribution in [0.2, 0.25) is 5.15 Å². The number of rotatable bonds is 5. The van der Waals surface area contributed by atoms with Crippen LogP contribution < -0.4 is 10.6 Å². The Morgan fingerprint density at radius 3 is 2.44 bits per heavy atom. The van der Waals surface area contributed by atoms with Crippen LogP contribution in [-0.4, -0.2) is 41.3 Å². The lowest BCUT2D eigenvalue weighted by Gasteiger charge is -2.31. The highest BCUT2D eigenvalue weighted by Crippen LogP contribution is 2.26. The van der Waals surface area contributed by atoms with Crippen LogP contribution in [0, 0.1) is 0 Å². The zero-order valence-corrected chi connectivity index (χ0v) is 17.1. The number of alkyl carbamates (subject to hydrolysis) is 1. The van der Waals surface area contributed by atoms with Crippen molar-refractivity contribution < 1.29 is 19.1 Å². The predicted octanol–water partition coefficient (Wildman–Crippen LogP) is 4.16. The fourth-order valence-electron chi connectivity index (χ4n) is 3.00. The number of esters is 1. The molecule has 0 unspecified atom stereocenters. The van der Waals surface area contributed by atoms with E-state index in [0.29, 0.717) is 23.0 Å².